The average molecular weight is 286 g/mol. The maximum Gasteiger partial charge on any atom is 0.122 e. The quantitative estimate of drug-likeness (QED) is 0.619. The number of rotatable bonds is 3. The second-order valence-corrected chi connectivity index (χ2v) is 5.45. The van der Waals surface area contributed by atoms with Gasteiger partial charge in [0.15, 0.2) is 0 Å². The predicted molar refractivity (Wildman–Crippen MR) is 73.9 cm³/mol. The molecule has 0 heterocycles. The van der Waals surface area contributed by atoms with E-state index in [4.69, 9.17) is 4.74 Å². The van der Waals surface area contributed by atoms with E-state index in [0.29, 0.717) is 0 Å². The second kappa shape index (κ2) is 5.09. The maximum atomic E-state index is 5.41. The van der Waals surface area contributed by atoms with E-state index in [0.717, 1.165) is 11.2 Å². The number of halogens is 1. The van der Waals surface area contributed by atoms with Crippen molar-refractivity contribution in [3.8, 4) is 5.75 Å². The molecule has 0 unspecified atom stereocenters. The van der Waals surface area contributed by atoms with Gasteiger partial charge in [-0.2, -0.15) is 0 Å². The molecule has 2 nitrogen and oxygen atoms in total. The summed E-state index contributed by atoms with van der Waals surface area (Å²) in [6.45, 7) is 6.59. The molecule has 0 N–H and O–H groups in total. The van der Waals surface area contributed by atoms with Crippen LogP contribution in [-0.2, 0) is 5.41 Å². The van der Waals surface area contributed by atoms with Gasteiger partial charge in [-0.1, -0.05) is 36.7 Å². The molecule has 1 aromatic carbocycles. The predicted octanol–water partition coefficient (Wildman–Crippen LogP) is 3.78. The molecular weight excluding hydrogens is 266 g/mol. The van der Waals surface area contributed by atoms with E-state index in [2.05, 4.69) is 60.8 Å². The number of nitrogens with zero attached hydrogens (tertiary/aromatic N) is 1. The SMILES string of the molecule is COc1ccc(N(C)CBr)cc1C(C)(C)C. The lowest BCUT2D eigenvalue weighted by atomic mass is 9.86. The molecule has 0 spiro atoms. The molecule has 90 valence electrons. The normalized spacial score (nSPS) is 11.4. The lowest BCUT2D eigenvalue weighted by Gasteiger charge is -2.25. The van der Waals surface area contributed by atoms with Crippen LogP contribution in [0.1, 0.15) is 26.3 Å². The van der Waals surface area contributed by atoms with Gasteiger partial charge in [0.25, 0.3) is 0 Å². The Morgan fingerprint density at radius 3 is 2.38 bits per heavy atom. The van der Waals surface area contributed by atoms with E-state index >= 15 is 0 Å². The third-order valence-corrected chi connectivity index (χ3v) is 3.36. The Hall–Kier alpha value is -0.700. The van der Waals surface area contributed by atoms with Crippen LogP contribution in [0.15, 0.2) is 18.2 Å². The van der Waals surface area contributed by atoms with Crippen LogP contribution in [0.5, 0.6) is 5.75 Å². The van der Waals surface area contributed by atoms with Crippen LogP contribution in [0.25, 0.3) is 0 Å². The van der Waals surface area contributed by atoms with Crippen molar-refractivity contribution in [1.82, 2.24) is 0 Å². The van der Waals surface area contributed by atoms with Crippen LogP contribution in [0.3, 0.4) is 0 Å². The Kier molecular flexibility index (Phi) is 4.25. The zero-order valence-electron chi connectivity index (χ0n) is 10.7. The van der Waals surface area contributed by atoms with E-state index < -0.39 is 0 Å². The highest BCUT2D eigenvalue weighted by molar-refractivity contribution is 9.09. The highest BCUT2D eigenvalue weighted by atomic mass is 79.9. The molecule has 0 fully saturated rings. The van der Waals surface area contributed by atoms with Crippen molar-refractivity contribution in [2.45, 2.75) is 26.2 Å². The fourth-order valence-electron chi connectivity index (χ4n) is 1.59. The lowest BCUT2D eigenvalue weighted by molar-refractivity contribution is 0.397. The number of ether oxygens (including phenoxy) is 1. The topological polar surface area (TPSA) is 12.5 Å². The third kappa shape index (κ3) is 2.91. The lowest BCUT2D eigenvalue weighted by Crippen LogP contribution is -2.17. The summed E-state index contributed by atoms with van der Waals surface area (Å²) in [5.41, 5.74) is 3.35. The van der Waals surface area contributed by atoms with Gasteiger partial charge in [0.1, 0.15) is 5.75 Å². The Morgan fingerprint density at radius 2 is 1.94 bits per heavy atom. The van der Waals surface area contributed by atoms with E-state index in [1.807, 2.05) is 6.07 Å². The molecule has 0 aliphatic carbocycles. The molecule has 3 heteroatoms. The van der Waals surface area contributed by atoms with Crippen LogP contribution < -0.4 is 9.64 Å². The smallest absolute Gasteiger partial charge is 0.122 e. The maximum absolute atomic E-state index is 5.41. The molecule has 0 saturated heterocycles. The minimum atomic E-state index is 0.0918. The molecule has 0 atom stereocenters. The van der Waals surface area contributed by atoms with E-state index in [-0.39, 0.29) is 5.41 Å². The molecule has 0 aliphatic heterocycles. The Balaban J connectivity index is 3.22. The van der Waals surface area contributed by atoms with Gasteiger partial charge in [-0.15, -0.1) is 0 Å². The van der Waals surface area contributed by atoms with Gasteiger partial charge in [-0.3, -0.25) is 0 Å². The summed E-state index contributed by atoms with van der Waals surface area (Å²) in [7, 11) is 3.78. The summed E-state index contributed by atoms with van der Waals surface area (Å²) in [5, 5.41) is 0. The molecule has 0 aliphatic rings. The molecule has 0 aromatic heterocycles. The first-order chi connectivity index (χ1) is 7.40. The Labute approximate surface area is 107 Å². The standard InChI is InChI=1S/C13H20BrNO/c1-13(2,3)11-8-10(15(4)9-14)6-7-12(11)16-5/h6-8H,9H2,1-5H3. The Morgan fingerprint density at radius 1 is 1.31 bits per heavy atom. The molecule has 16 heavy (non-hydrogen) atoms. The highest BCUT2D eigenvalue weighted by Crippen LogP contribution is 2.34. The van der Waals surface area contributed by atoms with Gasteiger partial charge in [0.05, 0.1) is 12.6 Å². The van der Waals surface area contributed by atoms with Gasteiger partial charge in [0.2, 0.25) is 0 Å². The van der Waals surface area contributed by atoms with Crippen molar-refractivity contribution in [3.63, 3.8) is 0 Å². The summed E-state index contributed by atoms with van der Waals surface area (Å²) in [5.74, 6) is 0.958. The first-order valence-electron chi connectivity index (χ1n) is 5.35. The monoisotopic (exact) mass is 285 g/mol. The van der Waals surface area contributed by atoms with E-state index in [1.165, 1.54) is 11.3 Å². The van der Waals surface area contributed by atoms with E-state index in [9.17, 15) is 0 Å². The van der Waals surface area contributed by atoms with Gasteiger partial charge in [0, 0.05) is 18.3 Å². The van der Waals surface area contributed by atoms with Crippen molar-refractivity contribution in [3.05, 3.63) is 23.8 Å². The third-order valence-electron chi connectivity index (χ3n) is 2.61. The summed E-state index contributed by atoms with van der Waals surface area (Å²) in [4.78, 5) is 2.15. The Bertz CT molecular complexity index is 357. The van der Waals surface area contributed by atoms with Crippen LogP contribution in [-0.4, -0.2) is 19.6 Å². The van der Waals surface area contributed by atoms with E-state index in [1.54, 1.807) is 7.11 Å². The molecule has 0 bridgehead atoms. The molecule has 0 saturated carbocycles. The van der Waals surface area contributed by atoms with Crippen LogP contribution in [0, 0.1) is 0 Å². The average Bonchev–Trinajstić information content (AvgIpc) is 2.26. The van der Waals surface area contributed by atoms with Crippen LogP contribution in [0.2, 0.25) is 0 Å². The summed E-state index contributed by atoms with van der Waals surface area (Å²) < 4.78 is 5.41. The van der Waals surface area contributed by atoms with Gasteiger partial charge < -0.3 is 9.64 Å². The zero-order valence-corrected chi connectivity index (χ0v) is 12.3. The van der Waals surface area contributed by atoms with Crippen molar-refractivity contribution in [2.24, 2.45) is 0 Å². The fraction of sp³-hybridized carbons (Fsp3) is 0.538. The summed E-state index contributed by atoms with van der Waals surface area (Å²) in [6.07, 6.45) is 0. The molecule has 0 radical (unpaired) electrons. The molecular formula is C13H20BrNO. The van der Waals surface area contributed by atoms with Crippen molar-refractivity contribution < 1.29 is 4.74 Å². The van der Waals surface area contributed by atoms with Crippen LogP contribution in [0.4, 0.5) is 5.69 Å². The highest BCUT2D eigenvalue weighted by Gasteiger charge is 2.19. The van der Waals surface area contributed by atoms with Gasteiger partial charge in [-0.05, 0) is 23.6 Å². The van der Waals surface area contributed by atoms with Crippen LogP contribution >= 0.6 is 15.9 Å². The van der Waals surface area contributed by atoms with Gasteiger partial charge in [-0.25, -0.2) is 0 Å². The van der Waals surface area contributed by atoms with Crippen molar-refractivity contribution >= 4 is 21.6 Å². The minimum Gasteiger partial charge on any atom is -0.496 e. The summed E-state index contributed by atoms with van der Waals surface area (Å²) in [6, 6.07) is 6.31. The number of hydrogen-bond donors (Lipinski definition) is 0. The van der Waals surface area contributed by atoms with Crippen molar-refractivity contribution in [1.29, 1.82) is 0 Å². The van der Waals surface area contributed by atoms with Crippen molar-refractivity contribution in [2.75, 3.05) is 24.5 Å². The minimum absolute atomic E-state index is 0.0918. The number of benzene rings is 1. The van der Waals surface area contributed by atoms with Gasteiger partial charge >= 0.3 is 0 Å². The number of hydrogen-bond acceptors (Lipinski definition) is 2. The number of anilines is 1. The summed E-state index contributed by atoms with van der Waals surface area (Å²) >= 11 is 3.46. The largest absolute Gasteiger partial charge is 0.496 e. The first-order valence-corrected chi connectivity index (χ1v) is 6.48. The number of methoxy groups -OCH3 is 1. The number of alkyl halides is 1. The molecule has 1 rings (SSSR count). The zero-order chi connectivity index (χ0) is 12.3. The first kappa shape index (κ1) is 13.4. The second-order valence-electron chi connectivity index (χ2n) is 4.95. The fourth-order valence-corrected chi connectivity index (χ4v) is 1.88. The molecule has 0 amide bonds. The molecule has 1 aromatic rings.